The van der Waals surface area contributed by atoms with Crippen molar-refractivity contribution in [1.29, 1.82) is 0 Å². The van der Waals surface area contributed by atoms with Crippen LogP contribution in [0.1, 0.15) is 16.7 Å². The Morgan fingerprint density at radius 3 is 2.06 bits per heavy atom. The lowest BCUT2D eigenvalue weighted by Gasteiger charge is -2.12. The van der Waals surface area contributed by atoms with Crippen molar-refractivity contribution in [2.75, 3.05) is 0 Å². The lowest BCUT2D eigenvalue weighted by molar-refractivity contribution is 0.470. The van der Waals surface area contributed by atoms with Gasteiger partial charge in [0, 0.05) is 5.56 Å². The van der Waals surface area contributed by atoms with Gasteiger partial charge in [0.15, 0.2) is 0 Å². The Kier molecular flexibility index (Phi) is 2.80. The van der Waals surface area contributed by atoms with Crippen LogP contribution in [-0.2, 0) is 0 Å². The van der Waals surface area contributed by atoms with Crippen molar-refractivity contribution in [3.8, 4) is 22.6 Å². The highest BCUT2D eigenvalue weighted by Crippen LogP contribution is 2.35. The fourth-order valence-electron chi connectivity index (χ4n) is 1.96. The first-order chi connectivity index (χ1) is 8.00. The van der Waals surface area contributed by atoms with Gasteiger partial charge in [0.1, 0.15) is 11.5 Å². The smallest absolute Gasteiger partial charge is 0.123 e. The Bertz CT molecular complexity index is 571. The van der Waals surface area contributed by atoms with E-state index in [2.05, 4.69) is 0 Å². The van der Waals surface area contributed by atoms with Crippen LogP contribution in [0.2, 0.25) is 0 Å². The first-order valence-corrected chi connectivity index (χ1v) is 5.60. The fraction of sp³-hybridized carbons (Fsp3) is 0.200. The first kappa shape index (κ1) is 11.5. The summed E-state index contributed by atoms with van der Waals surface area (Å²) in [6.07, 6.45) is 0. The Morgan fingerprint density at radius 1 is 0.706 bits per heavy atom. The molecule has 0 amide bonds. The largest absolute Gasteiger partial charge is 0.508 e. The molecule has 0 unspecified atom stereocenters. The molecule has 0 aliphatic rings. The van der Waals surface area contributed by atoms with E-state index >= 15 is 0 Å². The van der Waals surface area contributed by atoms with Gasteiger partial charge in [-0.25, -0.2) is 0 Å². The molecule has 0 fully saturated rings. The molecule has 0 aromatic heterocycles. The number of phenolic OH excluding ortho intramolecular Hbond substituents is 2. The fourth-order valence-corrected chi connectivity index (χ4v) is 1.96. The summed E-state index contributed by atoms with van der Waals surface area (Å²) in [7, 11) is 0. The van der Waals surface area contributed by atoms with Crippen LogP contribution < -0.4 is 0 Å². The van der Waals surface area contributed by atoms with Crippen LogP contribution >= 0.6 is 0 Å². The molecule has 0 aliphatic carbocycles. The van der Waals surface area contributed by atoms with Gasteiger partial charge in [-0.2, -0.15) is 0 Å². The van der Waals surface area contributed by atoms with Crippen LogP contribution in [0.25, 0.3) is 11.1 Å². The predicted octanol–water partition coefficient (Wildman–Crippen LogP) is 3.69. The molecule has 2 N–H and O–H groups in total. The Morgan fingerprint density at radius 2 is 1.35 bits per heavy atom. The number of aryl methyl sites for hydroxylation is 1. The van der Waals surface area contributed by atoms with E-state index < -0.39 is 0 Å². The highest BCUT2D eigenvalue weighted by Gasteiger charge is 2.10. The van der Waals surface area contributed by atoms with Gasteiger partial charge in [-0.1, -0.05) is 17.7 Å². The molecule has 0 heterocycles. The van der Waals surface area contributed by atoms with Gasteiger partial charge in [-0.05, 0) is 55.7 Å². The topological polar surface area (TPSA) is 40.5 Å². The molecule has 0 saturated carbocycles. The maximum Gasteiger partial charge on any atom is 0.123 e. The molecule has 0 bridgehead atoms. The standard InChI is InChI=1S/C15H16O2/c1-9-4-6-15(17)13(8-9)12-5-7-14(16)11(3)10(12)2/h4-8,16-17H,1-3H3. The summed E-state index contributed by atoms with van der Waals surface area (Å²) in [5, 5.41) is 19.5. The lowest BCUT2D eigenvalue weighted by atomic mass is 9.95. The lowest BCUT2D eigenvalue weighted by Crippen LogP contribution is -1.89. The van der Waals surface area contributed by atoms with E-state index in [-0.39, 0.29) is 5.75 Å². The molecule has 2 nitrogen and oxygen atoms in total. The van der Waals surface area contributed by atoms with Crippen molar-refractivity contribution < 1.29 is 10.2 Å². The molecule has 0 spiro atoms. The van der Waals surface area contributed by atoms with Gasteiger partial charge >= 0.3 is 0 Å². The summed E-state index contributed by atoms with van der Waals surface area (Å²) < 4.78 is 0. The maximum absolute atomic E-state index is 9.91. The van der Waals surface area contributed by atoms with E-state index in [1.54, 1.807) is 12.1 Å². The number of hydrogen-bond acceptors (Lipinski definition) is 2. The Balaban J connectivity index is 2.69. The second-order valence-corrected chi connectivity index (χ2v) is 4.40. The summed E-state index contributed by atoms with van der Waals surface area (Å²) in [5.41, 5.74) is 4.71. The molecular formula is C15H16O2. The van der Waals surface area contributed by atoms with Crippen LogP contribution in [0.4, 0.5) is 0 Å². The number of hydrogen-bond donors (Lipinski definition) is 2. The van der Waals surface area contributed by atoms with Crippen molar-refractivity contribution in [2.45, 2.75) is 20.8 Å². The molecule has 0 atom stereocenters. The number of aromatic hydroxyl groups is 2. The molecule has 88 valence electrons. The second kappa shape index (κ2) is 4.13. The third-order valence-corrected chi connectivity index (χ3v) is 3.20. The van der Waals surface area contributed by atoms with E-state index in [0.717, 1.165) is 27.8 Å². The van der Waals surface area contributed by atoms with Crippen molar-refractivity contribution >= 4 is 0 Å². The van der Waals surface area contributed by atoms with Crippen LogP contribution in [0.15, 0.2) is 30.3 Å². The van der Waals surface area contributed by atoms with Crippen molar-refractivity contribution in [2.24, 2.45) is 0 Å². The molecule has 2 heteroatoms. The van der Waals surface area contributed by atoms with E-state index in [0.29, 0.717) is 5.75 Å². The van der Waals surface area contributed by atoms with E-state index in [4.69, 9.17) is 0 Å². The summed E-state index contributed by atoms with van der Waals surface area (Å²) in [6.45, 7) is 5.82. The van der Waals surface area contributed by atoms with Gasteiger partial charge in [0.2, 0.25) is 0 Å². The highest BCUT2D eigenvalue weighted by atomic mass is 16.3. The summed E-state index contributed by atoms with van der Waals surface area (Å²) in [6, 6.07) is 9.04. The van der Waals surface area contributed by atoms with Crippen molar-refractivity contribution in [3.63, 3.8) is 0 Å². The van der Waals surface area contributed by atoms with Crippen molar-refractivity contribution in [1.82, 2.24) is 0 Å². The molecule has 0 saturated heterocycles. The average Bonchev–Trinajstić information content (AvgIpc) is 2.30. The molecule has 2 aromatic carbocycles. The predicted molar refractivity (Wildman–Crippen MR) is 69.4 cm³/mol. The summed E-state index contributed by atoms with van der Waals surface area (Å²) in [5.74, 6) is 0.558. The Labute approximate surface area is 101 Å². The monoisotopic (exact) mass is 228 g/mol. The van der Waals surface area contributed by atoms with Gasteiger partial charge < -0.3 is 10.2 Å². The molecule has 0 radical (unpaired) electrons. The maximum atomic E-state index is 9.91. The minimum atomic E-state index is 0.267. The zero-order valence-corrected chi connectivity index (χ0v) is 10.3. The minimum absolute atomic E-state index is 0.267. The zero-order chi connectivity index (χ0) is 12.6. The SMILES string of the molecule is Cc1ccc(O)c(-c2ccc(O)c(C)c2C)c1. The van der Waals surface area contributed by atoms with Crippen LogP contribution in [0, 0.1) is 20.8 Å². The number of benzene rings is 2. The van der Waals surface area contributed by atoms with Gasteiger partial charge in [0.25, 0.3) is 0 Å². The third-order valence-electron chi connectivity index (χ3n) is 3.20. The molecule has 17 heavy (non-hydrogen) atoms. The van der Waals surface area contributed by atoms with Crippen LogP contribution in [-0.4, -0.2) is 10.2 Å². The first-order valence-electron chi connectivity index (χ1n) is 5.60. The molecule has 2 aromatic rings. The normalized spacial score (nSPS) is 10.5. The zero-order valence-electron chi connectivity index (χ0n) is 10.3. The van der Waals surface area contributed by atoms with E-state index in [9.17, 15) is 10.2 Å². The van der Waals surface area contributed by atoms with Gasteiger partial charge in [-0.3, -0.25) is 0 Å². The number of rotatable bonds is 1. The molecular weight excluding hydrogens is 212 g/mol. The quantitative estimate of drug-likeness (QED) is 0.781. The van der Waals surface area contributed by atoms with E-state index in [1.165, 1.54) is 0 Å². The second-order valence-electron chi connectivity index (χ2n) is 4.40. The van der Waals surface area contributed by atoms with Gasteiger partial charge in [0.05, 0.1) is 0 Å². The molecule has 0 aliphatic heterocycles. The van der Waals surface area contributed by atoms with Gasteiger partial charge in [-0.15, -0.1) is 0 Å². The number of phenols is 2. The Hall–Kier alpha value is -1.96. The van der Waals surface area contributed by atoms with Crippen molar-refractivity contribution in [3.05, 3.63) is 47.0 Å². The van der Waals surface area contributed by atoms with Crippen LogP contribution in [0.3, 0.4) is 0 Å². The van der Waals surface area contributed by atoms with E-state index in [1.807, 2.05) is 39.0 Å². The average molecular weight is 228 g/mol. The highest BCUT2D eigenvalue weighted by molar-refractivity contribution is 5.75. The minimum Gasteiger partial charge on any atom is -0.508 e. The summed E-state index contributed by atoms with van der Waals surface area (Å²) >= 11 is 0. The van der Waals surface area contributed by atoms with Crippen LogP contribution in [0.5, 0.6) is 11.5 Å². The summed E-state index contributed by atoms with van der Waals surface area (Å²) in [4.78, 5) is 0. The third kappa shape index (κ3) is 1.98. The molecule has 2 rings (SSSR count).